The lowest BCUT2D eigenvalue weighted by atomic mass is 10.0. The van der Waals surface area contributed by atoms with Crippen molar-refractivity contribution in [3.63, 3.8) is 0 Å². The molecule has 1 aliphatic rings. The lowest BCUT2D eigenvalue weighted by Crippen LogP contribution is -2.28. The quantitative estimate of drug-likeness (QED) is 0.887. The first kappa shape index (κ1) is 14.6. The van der Waals surface area contributed by atoms with Crippen molar-refractivity contribution in [2.24, 2.45) is 0 Å². The van der Waals surface area contributed by atoms with Gasteiger partial charge in [0.15, 0.2) is 5.69 Å². The van der Waals surface area contributed by atoms with Crippen LogP contribution in [0.3, 0.4) is 0 Å². The number of carbonyl (C=O) groups is 1. The number of hydrogen-bond acceptors (Lipinski definition) is 4. The van der Waals surface area contributed by atoms with Crippen LogP contribution in [0, 0.1) is 0 Å². The molecule has 1 aliphatic carbocycles. The fraction of sp³-hybridized carbons (Fsp3) is 0.412. The second-order valence-corrected chi connectivity index (χ2v) is 5.60. The maximum Gasteiger partial charge on any atom is 0.273 e. The standard InChI is InChI=1S/C17H20N2O3/c1-3-14(11-6-8-13(21-2)9-7-11)18-17(20)15-10-16(22-19-15)12-4-5-12/h6-10,12,14H,3-5H2,1-2H3,(H,18,20)/t14-/m1/s1. The third kappa shape index (κ3) is 3.13. The molecule has 22 heavy (non-hydrogen) atoms. The minimum Gasteiger partial charge on any atom is -0.497 e. The molecule has 1 heterocycles. The van der Waals surface area contributed by atoms with Crippen LogP contribution in [-0.4, -0.2) is 18.2 Å². The predicted octanol–water partition coefficient (Wildman–Crippen LogP) is 3.44. The number of carbonyl (C=O) groups excluding carboxylic acids is 1. The summed E-state index contributed by atoms with van der Waals surface area (Å²) >= 11 is 0. The maximum atomic E-state index is 12.3. The Balaban J connectivity index is 1.68. The van der Waals surface area contributed by atoms with Gasteiger partial charge in [0, 0.05) is 12.0 Å². The van der Waals surface area contributed by atoms with Crippen LogP contribution in [-0.2, 0) is 0 Å². The summed E-state index contributed by atoms with van der Waals surface area (Å²) in [7, 11) is 1.64. The number of hydrogen-bond donors (Lipinski definition) is 1. The van der Waals surface area contributed by atoms with Crippen molar-refractivity contribution in [1.29, 1.82) is 0 Å². The Morgan fingerprint density at radius 2 is 2.14 bits per heavy atom. The van der Waals surface area contributed by atoms with Crippen molar-refractivity contribution in [2.45, 2.75) is 38.1 Å². The predicted molar refractivity (Wildman–Crippen MR) is 82.0 cm³/mol. The Kier molecular flexibility index (Phi) is 4.13. The fourth-order valence-electron chi connectivity index (χ4n) is 2.45. The second kappa shape index (κ2) is 6.22. The van der Waals surface area contributed by atoms with E-state index in [1.807, 2.05) is 31.2 Å². The molecule has 0 spiro atoms. The number of aromatic nitrogens is 1. The van der Waals surface area contributed by atoms with E-state index in [1.165, 1.54) is 0 Å². The van der Waals surface area contributed by atoms with Crippen LogP contribution in [0.25, 0.3) is 0 Å². The molecule has 0 unspecified atom stereocenters. The summed E-state index contributed by atoms with van der Waals surface area (Å²) in [5, 5.41) is 6.89. The highest BCUT2D eigenvalue weighted by Crippen LogP contribution is 2.40. The Bertz CT molecular complexity index is 644. The van der Waals surface area contributed by atoms with Crippen molar-refractivity contribution < 1.29 is 14.1 Å². The number of rotatable bonds is 6. The Labute approximate surface area is 129 Å². The van der Waals surface area contributed by atoms with Gasteiger partial charge in [-0.05, 0) is 37.0 Å². The van der Waals surface area contributed by atoms with E-state index in [1.54, 1.807) is 13.2 Å². The zero-order valence-electron chi connectivity index (χ0n) is 12.8. The Morgan fingerprint density at radius 3 is 2.73 bits per heavy atom. The van der Waals surface area contributed by atoms with Gasteiger partial charge in [-0.25, -0.2) is 0 Å². The highest BCUT2D eigenvalue weighted by atomic mass is 16.5. The van der Waals surface area contributed by atoms with E-state index in [0.717, 1.165) is 36.3 Å². The van der Waals surface area contributed by atoms with Gasteiger partial charge >= 0.3 is 0 Å². The molecule has 0 radical (unpaired) electrons. The first-order valence-corrected chi connectivity index (χ1v) is 7.62. The molecule has 5 nitrogen and oxygen atoms in total. The molecule has 1 aromatic heterocycles. The molecule has 2 aromatic rings. The lowest BCUT2D eigenvalue weighted by molar-refractivity contribution is 0.0926. The third-order valence-electron chi connectivity index (χ3n) is 3.97. The van der Waals surface area contributed by atoms with E-state index >= 15 is 0 Å². The van der Waals surface area contributed by atoms with Crippen LogP contribution in [0.1, 0.15) is 60.0 Å². The van der Waals surface area contributed by atoms with Crippen LogP contribution < -0.4 is 10.1 Å². The van der Waals surface area contributed by atoms with E-state index in [0.29, 0.717) is 11.6 Å². The van der Waals surface area contributed by atoms with Crippen LogP contribution in [0.5, 0.6) is 5.75 Å². The van der Waals surface area contributed by atoms with E-state index < -0.39 is 0 Å². The monoisotopic (exact) mass is 300 g/mol. The highest BCUT2D eigenvalue weighted by molar-refractivity contribution is 5.92. The molecule has 1 atom stereocenters. The van der Waals surface area contributed by atoms with Gasteiger partial charge in [-0.2, -0.15) is 0 Å². The molecule has 1 fully saturated rings. The SMILES string of the molecule is CC[C@@H](NC(=O)c1cc(C2CC2)on1)c1ccc(OC)cc1. The number of nitrogens with one attached hydrogen (secondary N) is 1. The van der Waals surface area contributed by atoms with Crippen LogP contribution in [0.2, 0.25) is 0 Å². The van der Waals surface area contributed by atoms with Crippen molar-refractivity contribution in [3.05, 3.63) is 47.3 Å². The molecule has 5 heteroatoms. The van der Waals surface area contributed by atoms with Gasteiger partial charge in [0.2, 0.25) is 0 Å². The van der Waals surface area contributed by atoms with Crippen molar-refractivity contribution in [1.82, 2.24) is 10.5 Å². The zero-order chi connectivity index (χ0) is 15.5. The minimum absolute atomic E-state index is 0.0560. The van der Waals surface area contributed by atoms with Crippen molar-refractivity contribution >= 4 is 5.91 Å². The molecule has 1 aromatic carbocycles. The normalized spacial score (nSPS) is 15.4. The summed E-state index contributed by atoms with van der Waals surface area (Å²) < 4.78 is 10.4. The van der Waals surface area contributed by atoms with Crippen LogP contribution in [0.4, 0.5) is 0 Å². The largest absolute Gasteiger partial charge is 0.497 e. The van der Waals surface area contributed by atoms with Gasteiger partial charge in [0.05, 0.1) is 13.2 Å². The van der Waals surface area contributed by atoms with E-state index in [-0.39, 0.29) is 11.9 Å². The van der Waals surface area contributed by atoms with Crippen LogP contribution in [0.15, 0.2) is 34.9 Å². The molecular formula is C17H20N2O3. The summed E-state index contributed by atoms with van der Waals surface area (Å²) in [6, 6.07) is 9.42. The molecule has 1 amide bonds. The van der Waals surface area contributed by atoms with E-state index in [2.05, 4.69) is 10.5 Å². The second-order valence-electron chi connectivity index (χ2n) is 5.60. The summed E-state index contributed by atoms with van der Waals surface area (Å²) in [6.07, 6.45) is 3.05. The van der Waals surface area contributed by atoms with Crippen molar-refractivity contribution in [2.75, 3.05) is 7.11 Å². The molecule has 1 N–H and O–H groups in total. The number of ether oxygens (including phenoxy) is 1. The lowest BCUT2D eigenvalue weighted by Gasteiger charge is -2.17. The molecule has 116 valence electrons. The number of amides is 1. The molecule has 3 rings (SSSR count). The van der Waals surface area contributed by atoms with Gasteiger partial charge in [0.1, 0.15) is 11.5 Å². The van der Waals surface area contributed by atoms with Gasteiger partial charge in [-0.1, -0.05) is 24.2 Å². The summed E-state index contributed by atoms with van der Waals surface area (Å²) in [5.74, 6) is 1.88. The molecule has 1 saturated carbocycles. The number of methoxy groups -OCH3 is 1. The smallest absolute Gasteiger partial charge is 0.273 e. The van der Waals surface area contributed by atoms with Gasteiger partial charge in [-0.3, -0.25) is 4.79 Å². The Hall–Kier alpha value is -2.30. The fourth-order valence-corrected chi connectivity index (χ4v) is 2.45. The first-order valence-electron chi connectivity index (χ1n) is 7.62. The average Bonchev–Trinajstić information content (AvgIpc) is 3.29. The Morgan fingerprint density at radius 1 is 1.41 bits per heavy atom. The van der Waals surface area contributed by atoms with Gasteiger partial charge < -0.3 is 14.6 Å². The van der Waals surface area contributed by atoms with Gasteiger partial charge in [0.25, 0.3) is 5.91 Å². The first-order chi connectivity index (χ1) is 10.7. The number of nitrogens with zero attached hydrogens (tertiary/aromatic N) is 1. The topological polar surface area (TPSA) is 64.4 Å². The highest BCUT2D eigenvalue weighted by Gasteiger charge is 2.29. The number of benzene rings is 1. The zero-order valence-corrected chi connectivity index (χ0v) is 12.8. The van der Waals surface area contributed by atoms with E-state index in [9.17, 15) is 4.79 Å². The molecule has 0 saturated heterocycles. The minimum atomic E-state index is -0.196. The average molecular weight is 300 g/mol. The van der Waals surface area contributed by atoms with E-state index in [4.69, 9.17) is 9.26 Å². The van der Waals surface area contributed by atoms with Crippen molar-refractivity contribution in [3.8, 4) is 5.75 Å². The molecule has 0 bridgehead atoms. The molecule has 0 aliphatic heterocycles. The molecular weight excluding hydrogens is 280 g/mol. The van der Waals surface area contributed by atoms with Gasteiger partial charge in [-0.15, -0.1) is 0 Å². The maximum absolute atomic E-state index is 12.3. The van der Waals surface area contributed by atoms with Crippen LogP contribution >= 0.6 is 0 Å². The summed E-state index contributed by atoms with van der Waals surface area (Å²) in [6.45, 7) is 2.04. The summed E-state index contributed by atoms with van der Waals surface area (Å²) in [5.41, 5.74) is 1.40. The third-order valence-corrected chi connectivity index (χ3v) is 3.97. The summed E-state index contributed by atoms with van der Waals surface area (Å²) in [4.78, 5) is 12.3.